The first-order valence-corrected chi connectivity index (χ1v) is 7.94. The van der Waals surface area contributed by atoms with Crippen LogP contribution in [0.2, 0.25) is 0 Å². The number of nitrogens with one attached hydrogen (secondary N) is 1. The third-order valence-corrected chi connectivity index (χ3v) is 4.21. The van der Waals surface area contributed by atoms with Gasteiger partial charge in [-0.15, -0.1) is 0 Å². The second kappa shape index (κ2) is 8.15. The highest BCUT2D eigenvalue weighted by atomic mass is 16.5. The van der Waals surface area contributed by atoms with E-state index >= 15 is 0 Å². The normalized spacial score (nSPS) is 18.0. The van der Waals surface area contributed by atoms with E-state index in [1.54, 1.807) is 0 Å². The molecule has 0 spiro atoms. The zero-order valence-electron chi connectivity index (χ0n) is 13.8. The molecular weight excluding hydrogens is 278 g/mol. The van der Waals surface area contributed by atoms with E-state index in [9.17, 15) is 4.79 Å². The first-order valence-electron chi connectivity index (χ1n) is 7.94. The molecule has 0 aliphatic carbocycles. The largest absolute Gasteiger partial charge is 0.484 e. The Bertz CT molecular complexity index is 485. The van der Waals surface area contributed by atoms with Crippen LogP contribution in [0.25, 0.3) is 0 Å². The summed E-state index contributed by atoms with van der Waals surface area (Å²) in [5.41, 5.74) is 1.04. The fraction of sp³-hybridized carbons (Fsp3) is 0.588. The van der Waals surface area contributed by atoms with Crippen molar-refractivity contribution in [2.75, 3.05) is 46.4 Å². The van der Waals surface area contributed by atoms with E-state index in [4.69, 9.17) is 4.74 Å². The summed E-state index contributed by atoms with van der Waals surface area (Å²) in [4.78, 5) is 16.7. The number of aryl methyl sites for hydroxylation is 1. The van der Waals surface area contributed by atoms with E-state index in [0.29, 0.717) is 12.6 Å². The van der Waals surface area contributed by atoms with E-state index in [-0.39, 0.29) is 12.5 Å². The number of nitrogens with zero attached hydrogens (tertiary/aromatic N) is 2. The molecule has 1 aliphatic heterocycles. The van der Waals surface area contributed by atoms with Crippen molar-refractivity contribution in [1.29, 1.82) is 0 Å². The molecule has 5 heteroatoms. The Labute approximate surface area is 133 Å². The number of likely N-dealkylation sites (N-methyl/N-ethyl adjacent to an activating group) is 1. The minimum atomic E-state index is -0.0655. The fourth-order valence-corrected chi connectivity index (χ4v) is 2.57. The molecule has 0 aromatic heterocycles. The SMILES string of the molecule is Cc1ccccc1OCC(=O)NCC(C)N1CCN(C)CC1. The minimum absolute atomic E-state index is 0.0655. The maximum atomic E-state index is 11.9. The number of benzene rings is 1. The molecule has 0 saturated carbocycles. The van der Waals surface area contributed by atoms with Gasteiger partial charge in [-0.3, -0.25) is 9.69 Å². The number of amides is 1. The molecule has 0 radical (unpaired) electrons. The van der Waals surface area contributed by atoms with Crippen molar-refractivity contribution in [3.8, 4) is 5.75 Å². The predicted octanol–water partition coefficient (Wildman–Crippen LogP) is 1.13. The average molecular weight is 305 g/mol. The van der Waals surface area contributed by atoms with Crippen LogP contribution in [-0.2, 0) is 4.79 Å². The maximum absolute atomic E-state index is 11.9. The second-order valence-corrected chi connectivity index (χ2v) is 6.05. The Kier molecular flexibility index (Phi) is 6.21. The van der Waals surface area contributed by atoms with Crippen LogP contribution in [0.4, 0.5) is 0 Å². The van der Waals surface area contributed by atoms with Crippen LogP contribution in [0.15, 0.2) is 24.3 Å². The van der Waals surface area contributed by atoms with Crippen molar-refractivity contribution >= 4 is 5.91 Å². The highest BCUT2D eigenvalue weighted by molar-refractivity contribution is 5.77. The molecule has 1 N–H and O–H groups in total. The monoisotopic (exact) mass is 305 g/mol. The van der Waals surface area contributed by atoms with Gasteiger partial charge >= 0.3 is 0 Å². The van der Waals surface area contributed by atoms with Crippen molar-refractivity contribution in [2.45, 2.75) is 19.9 Å². The Balaban J connectivity index is 1.68. The topological polar surface area (TPSA) is 44.8 Å². The average Bonchev–Trinajstić information content (AvgIpc) is 2.52. The van der Waals surface area contributed by atoms with Crippen LogP contribution in [0.5, 0.6) is 5.75 Å². The van der Waals surface area contributed by atoms with Crippen LogP contribution < -0.4 is 10.1 Å². The van der Waals surface area contributed by atoms with Gasteiger partial charge in [0.25, 0.3) is 5.91 Å². The molecule has 1 fully saturated rings. The van der Waals surface area contributed by atoms with E-state index in [0.717, 1.165) is 37.5 Å². The van der Waals surface area contributed by atoms with Crippen LogP contribution >= 0.6 is 0 Å². The van der Waals surface area contributed by atoms with Gasteiger partial charge in [0.15, 0.2) is 6.61 Å². The molecule has 1 unspecified atom stereocenters. The zero-order valence-corrected chi connectivity index (χ0v) is 13.8. The molecule has 122 valence electrons. The molecule has 5 nitrogen and oxygen atoms in total. The van der Waals surface area contributed by atoms with Crippen molar-refractivity contribution in [3.63, 3.8) is 0 Å². The van der Waals surface area contributed by atoms with Crippen molar-refractivity contribution in [2.24, 2.45) is 0 Å². The van der Waals surface area contributed by atoms with Gasteiger partial charge in [0.05, 0.1) is 0 Å². The molecule has 1 aromatic rings. The molecule has 0 bridgehead atoms. The number of carbonyl (C=O) groups is 1. The molecule has 1 saturated heterocycles. The number of ether oxygens (including phenoxy) is 1. The van der Waals surface area contributed by atoms with Crippen molar-refractivity contribution in [3.05, 3.63) is 29.8 Å². The summed E-state index contributed by atoms with van der Waals surface area (Å²) in [5, 5.41) is 2.96. The van der Waals surface area contributed by atoms with E-state index in [2.05, 4.69) is 29.1 Å². The minimum Gasteiger partial charge on any atom is -0.484 e. The quantitative estimate of drug-likeness (QED) is 0.856. The lowest BCUT2D eigenvalue weighted by Gasteiger charge is -2.36. The van der Waals surface area contributed by atoms with Gasteiger partial charge in [0.2, 0.25) is 0 Å². The Hall–Kier alpha value is -1.59. The van der Waals surface area contributed by atoms with E-state index in [1.165, 1.54) is 0 Å². The summed E-state index contributed by atoms with van der Waals surface area (Å²) >= 11 is 0. The summed E-state index contributed by atoms with van der Waals surface area (Å²) in [6.45, 7) is 9.18. The smallest absolute Gasteiger partial charge is 0.257 e. The third-order valence-electron chi connectivity index (χ3n) is 4.21. The summed E-state index contributed by atoms with van der Waals surface area (Å²) in [6, 6.07) is 8.09. The highest BCUT2D eigenvalue weighted by Crippen LogP contribution is 2.15. The van der Waals surface area contributed by atoms with Crippen molar-refractivity contribution in [1.82, 2.24) is 15.1 Å². The zero-order chi connectivity index (χ0) is 15.9. The van der Waals surface area contributed by atoms with Gasteiger partial charge in [0.1, 0.15) is 5.75 Å². The molecule has 1 amide bonds. The van der Waals surface area contributed by atoms with Gasteiger partial charge in [0, 0.05) is 38.8 Å². The molecule has 1 aliphatic rings. The standard InChI is InChI=1S/C17H27N3O2/c1-14-6-4-5-7-16(14)22-13-17(21)18-12-15(2)20-10-8-19(3)9-11-20/h4-7,15H,8-13H2,1-3H3,(H,18,21). The second-order valence-electron chi connectivity index (χ2n) is 6.05. The summed E-state index contributed by atoms with van der Waals surface area (Å²) in [6.07, 6.45) is 0. The highest BCUT2D eigenvalue weighted by Gasteiger charge is 2.19. The summed E-state index contributed by atoms with van der Waals surface area (Å²) in [5.74, 6) is 0.703. The summed E-state index contributed by atoms with van der Waals surface area (Å²) in [7, 11) is 2.15. The van der Waals surface area contributed by atoms with Gasteiger partial charge in [-0.25, -0.2) is 0 Å². The summed E-state index contributed by atoms with van der Waals surface area (Å²) < 4.78 is 5.56. The fourth-order valence-electron chi connectivity index (χ4n) is 2.57. The van der Waals surface area contributed by atoms with Crippen LogP contribution in [0.1, 0.15) is 12.5 Å². The van der Waals surface area contributed by atoms with E-state index < -0.39 is 0 Å². The molecule has 1 aromatic carbocycles. The lowest BCUT2D eigenvalue weighted by atomic mass is 10.2. The van der Waals surface area contributed by atoms with Gasteiger partial charge in [-0.2, -0.15) is 0 Å². The Morgan fingerprint density at radius 3 is 2.64 bits per heavy atom. The van der Waals surface area contributed by atoms with Crippen molar-refractivity contribution < 1.29 is 9.53 Å². The van der Waals surface area contributed by atoms with Gasteiger partial charge in [-0.05, 0) is 32.5 Å². The molecular formula is C17H27N3O2. The van der Waals surface area contributed by atoms with E-state index in [1.807, 2.05) is 31.2 Å². The predicted molar refractivity (Wildman–Crippen MR) is 88.2 cm³/mol. The molecule has 22 heavy (non-hydrogen) atoms. The first-order chi connectivity index (χ1) is 10.6. The number of rotatable bonds is 6. The number of hydrogen-bond donors (Lipinski definition) is 1. The van der Waals surface area contributed by atoms with Crippen LogP contribution in [0, 0.1) is 6.92 Å². The number of piperazine rings is 1. The lowest BCUT2D eigenvalue weighted by Crippen LogP contribution is -2.51. The van der Waals surface area contributed by atoms with Gasteiger partial charge < -0.3 is 15.0 Å². The van der Waals surface area contributed by atoms with Crippen LogP contribution in [0.3, 0.4) is 0 Å². The molecule has 1 atom stereocenters. The Morgan fingerprint density at radius 1 is 1.27 bits per heavy atom. The van der Waals surface area contributed by atoms with Crippen LogP contribution in [-0.4, -0.2) is 68.1 Å². The number of para-hydroxylation sites is 1. The lowest BCUT2D eigenvalue weighted by molar-refractivity contribution is -0.123. The molecule has 1 heterocycles. The number of carbonyl (C=O) groups excluding carboxylic acids is 1. The third kappa shape index (κ3) is 5.00. The van der Waals surface area contributed by atoms with Gasteiger partial charge in [-0.1, -0.05) is 18.2 Å². The first kappa shape index (κ1) is 16.8. The molecule has 2 rings (SSSR count). The Morgan fingerprint density at radius 2 is 1.95 bits per heavy atom. The maximum Gasteiger partial charge on any atom is 0.257 e. The number of hydrogen-bond acceptors (Lipinski definition) is 4.